The van der Waals surface area contributed by atoms with Gasteiger partial charge in [-0.2, -0.15) is 10.1 Å². The van der Waals surface area contributed by atoms with Crippen LogP contribution in [0.1, 0.15) is 10.4 Å². The second kappa shape index (κ2) is 5.19. The highest BCUT2D eigenvalue weighted by Gasteiger charge is 2.08. The highest BCUT2D eigenvalue weighted by atomic mass is 32.1. The second-order valence-electron chi connectivity index (χ2n) is 4.89. The first-order chi connectivity index (χ1) is 10.8. The first kappa shape index (κ1) is 12.9. The predicted molar refractivity (Wildman–Crippen MR) is 89.5 cm³/mol. The van der Waals surface area contributed by atoms with Crippen LogP contribution >= 0.6 is 11.3 Å². The fourth-order valence-electron chi connectivity index (χ4n) is 2.25. The molecule has 4 rings (SSSR count). The number of aromatic amines is 1. The first-order valence-electron chi connectivity index (χ1n) is 6.75. The second-order valence-corrected chi connectivity index (χ2v) is 5.87. The van der Waals surface area contributed by atoms with E-state index in [4.69, 9.17) is 0 Å². The zero-order chi connectivity index (χ0) is 14.9. The van der Waals surface area contributed by atoms with E-state index >= 15 is 0 Å². The molecular weight excluding hydrogens is 296 g/mol. The minimum absolute atomic E-state index is 0.364. The molecular formula is C15H12N6S. The van der Waals surface area contributed by atoms with Crippen LogP contribution in [0, 0.1) is 6.92 Å². The SMILES string of the molecule is Cc1ccc2[nH]c3nc(N/N=C/c4cccs4)nnc3c2c1. The van der Waals surface area contributed by atoms with Gasteiger partial charge in [0.2, 0.25) is 0 Å². The Bertz CT molecular complexity index is 970. The molecule has 3 aromatic heterocycles. The van der Waals surface area contributed by atoms with Crippen LogP contribution in [0.25, 0.3) is 22.1 Å². The zero-order valence-corrected chi connectivity index (χ0v) is 12.6. The molecule has 0 aliphatic rings. The van der Waals surface area contributed by atoms with Gasteiger partial charge in [-0.05, 0) is 30.5 Å². The highest BCUT2D eigenvalue weighted by Crippen LogP contribution is 2.23. The van der Waals surface area contributed by atoms with E-state index in [0.29, 0.717) is 11.6 Å². The summed E-state index contributed by atoms with van der Waals surface area (Å²) in [6, 6.07) is 10.1. The van der Waals surface area contributed by atoms with Crippen molar-refractivity contribution in [3.63, 3.8) is 0 Å². The minimum atomic E-state index is 0.364. The largest absolute Gasteiger partial charge is 0.338 e. The number of thiophene rings is 1. The summed E-state index contributed by atoms with van der Waals surface area (Å²) in [5, 5.41) is 15.5. The van der Waals surface area contributed by atoms with E-state index in [2.05, 4.69) is 42.8 Å². The summed E-state index contributed by atoms with van der Waals surface area (Å²) in [4.78, 5) is 8.71. The molecule has 7 heteroatoms. The van der Waals surface area contributed by atoms with Gasteiger partial charge in [0.15, 0.2) is 5.65 Å². The minimum Gasteiger partial charge on any atom is -0.338 e. The number of nitrogens with zero attached hydrogens (tertiary/aromatic N) is 4. The monoisotopic (exact) mass is 308 g/mol. The summed E-state index contributed by atoms with van der Waals surface area (Å²) < 4.78 is 0. The molecule has 2 N–H and O–H groups in total. The number of fused-ring (bicyclic) bond motifs is 3. The molecule has 0 aliphatic carbocycles. The lowest BCUT2D eigenvalue weighted by Gasteiger charge is -1.96. The van der Waals surface area contributed by atoms with Crippen molar-refractivity contribution in [2.24, 2.45) is 5.10 Å². The summed E-state index contributed by atoms with van der Waals surface area (Å²) in [6.07, 6.45) is 1.73. The standard InChI is InChI=1S/C15H12N6S/c1-9-4-5-12-11(7-9)13-14(17-12)18-15(21-19-13)20-16-8-10-3-2-6-22-10/h2-8H,1H3,(H2,17,18,20,21)/b16-8+. The van der Waals surface area contributed by atoms with Gasteiger partial charge in [0.1, 0.15) is 5.52 Å². The maximum Gasteiger partial charge on any atom is 0.265 e. The van der Waals surface area contributed by atoms with Crippen LogP contribution in [0.2, 0.25) is 0 Å². The van der Waals surface area contributed by atoms with Gasteiger partial charge in [-0.15, -0.1) is 21.5 Å². The van der Waals surface area contributed by atoms with Crippen LogP contribution in [-0.4, -0.2) is 26.4 Å². The van der Waals surface area contributed by atoms with Crippen LogP contribution in [0.15, 0.2) is 40.8 Å². The first-order valence-corrected chi connectivity index (χ1v) is 7.63. The number of aromatic nitrogens is 4. The molecule has 108 valence electrons. The Balaban J connectivity index is 1.67. The Morgan fingerprint density at radius 3 is 3.09 bits per heavy atom. The Hall–Kier alpha value is -2.80. The molecule has 0 radical (unpaired) electrons. The number of hydrogen-bond donors (Lipinski definition) is 2. The van der Waals surface area contributed by atoms with E-state index in [1.807, 2.05) is 30.5 Å². The molecule has 0 amide bonds. The molecule has 3 heterocycles. The number of hydrazone groups is 1. The molecule has 0 spiro atoms. The topological polar surface area (TPSA) is 78.9 Å². The summed E-state index contributed by atoms with van der Waals surface area (Å²) in [6.45, 7) is 2.05. The van der Waals surface area contributed by atoms with Crippen LogP contribution in [0.4, 0.5) is 5.95 Å². The average molecular weight is 308 g/mol. The van der Waals surface area contributed by atoms with Crippen molar-refractivity contribution in [3.8, 4) is 0 Å². The summed E-state index contributed by atoms with van der Waals surface area (Å²) >= 11 is 1.61. The van der Waals surface area contributed by atoms with Gasteiger partial charge < -0.3 is 4.98 Å². The Morgan fingerprint density at radius 1 is 1.27 bits per heavy atom. The molecule has 0 atom stereocenters. The molecule has 0 saturated carbocycles. The van der Waals surface area contributed by atoms with Crippen molar-refractivity contribution in [1.82, 2.24) is 20.2 Å². The lowest BCUT2D eigenvalue weighted by atomic mass is 10.2. The molecule has 6 nitrogen and oxygen atoms in total. The van der Waals surface area contributed by atoms with Gasteiger partial charge in [-0.1, -0.05) is 17.7 Å². The van der Waals surface area contributed by atoms with Crippen LogP contribution < -0.4 is 5.43 Å². The van der Waals surface area contributed by atoms with E-state index in [1.54, 1.807) is 17.6 Å². The quantitative estimate of drug-likeness (QED) is 0.449. The van der Waals surface area contributed by atoms with E-state index in [1.165, 1.54) is 5.56 Å². The summed E-state index contributed by atoms with van der Waals surface area (Å²) in [7, 11) is 0. The number of benzene rings is 1. The van der Waals surface area contributed by atoms with Crippen molar-refractivity contribution in [1.29, 1.82) is 0 Å². The van der Waals surface area contributed by atoms with Crippen molar-refractivity contribution in [2.75, 3.05) is 5.43 Å². The van der Waals surface area contributed by atoms with E-state index in [-0.39, 0.29) is 0 Å². The van der Waals surface area contributed by atoms with Gasteiger partial charge in [0.05, 0.1) is 6.21 Å². The lowest BCUT2D eigenvalue weighted by molar-refractivity contribution is 1.01. The van der Waals surface area contributed by atoms with E-state index in [0.717, 1.165) is 21.3 Å². The van der Waals surface area contributed by atoms with Crippen molar-refractivity contribution in [3.05, 3.63) is 46.2 Å². The third-order valence-electron chi connectivity index (χ3n) is 3.27. The van der Waals surface area contributed by atoms with Gasteiger partial charge in [0, 0.05) is 15.8 Å². The fourth-order valence-corrected chi connectivity index (χ4v) is 2.84. The van der Waals surface area contributed by atoms with Gasteiger partial charge >= 0.3 is 0 Å². The Labute approximate surface area is 129 Å². The van der Waals surface area contributed by atoms with Gasteiger partial charge in [0.25, 0.3) is 5.95 Å². The van der Waals surface area contributed by atoms with Gasteiger partial charge in [-0.3, -0.25) is 0 Å². The molecule has 1 aromatic carbocycles. The fraction of sp³-hybridized carbons (Fsp3) is 0.0667. The van der Waals surface area contributed by atoms with Crippen LogP contribution in [0.3, 0.4) is 0 Å². The van der Waals surface area contributed by atoms with Crippen LogP contribution in [0.5, 0.6) is 0 Å². The number of nitrogens with one attached hydrogen (secondary N) is 2. The zero-order valence-electron chi connectivity index (χ0n) is 11.7. The third-order valence-corrected chi connectivity index (χ3v) is 4.08. The third kappa shape index (κ3) is 2.31. The number of rotatable bonds is 3. The Kier molecular flexibility index (Phi) is 3.05. The molecule has 0 saturated heterocycles. The molecule has 22 heavy (non-hydrogen) atoms. The molecule has 0 fully saturated rings. The lowest BCUT2D eigenvalue weighted by Crippen LogP contribution is -1.98. The summed E-state index contributed by atoms with van der Waals surface area (Å²) in [5.74, 6) is 0.364. The predicted octanol–water partition coefficient (Wildman–Crippen LogP) is 3.32. The maximum atomic E-state index is 4.41. The van der Waals surface area contributed by atoms with Crippen molar-refractivity contribution >= 4 is 45.6 Å². The highest BCUT2D eigenvalue weighted by molar-refractivity contribution is 7.11. The number of hydrogen-bond acceptors (Lipinski definition) is 6. The smallest absolute Gasteiger partial charge is 0.265 e. The number of anilines is 1. The maximum absolute atomic E-state index is 4.41. The van der Waals surface area contributed by atoms with Crippen LogP contribution in [-0.2, 0) is 0 Å². The Morgan fingerprint density at radius 2 is 2.23 bits per heavy atom. The van der Waals surface area contributed by atoms with E-state index in [9.17, 15) is 0 Å². The average Bonchev–Trinajstić information content (AvgIpc) is 3.14. The van der Waals surface area contributed by atoms with Crippen molar-refractivity contribution in [2.45, 2.75) is 6.92 Å². The summed E-state index contributed by atoms with van der Waals surface area (Å²) in [5.41, 5.74) is 6.45. The molecule has 0 aliphatic heterocycles. The van der Waals surface area contributed by atoms with Gasteiger partial charge in [-0.25, -0.2) is 5.43 Å². The number of aryl methyl sites for hydroxylation is 1. The van der Waals surface area contributed by atoms with E-state index < -0.39 is 0 Å². The molecule has 0 bridgehead atoms. The number of H-pyrrole nitrogens is 1. The molecule has 4 aromatic rings. The van der Waals surface area contributed by atoms with Crippen molar-refractivity contribution < 1.29 is 0 Å². The molecule has 0 unspecified atom stereocenters. The normalized spacial score (nSPS) is 11.7.